The van der Waals surface area contributed by atoms with Crippen molar-refractivity contribution in [2.45, 2.75) is 13.0 Å². The standard InChI is InChI=1S/C22H19N3OS/c1-26-18-8-7-15-9-10-25(12-17(15)11-18)21-20-19(16-5-3-2-4-6-16)13-27-22(20)24-14-23-21/h2-8,11,13-14H,9-10,12H2,1H3. The van der Waals surface area contributed by atoms with Gasteiger partial charge in [0, 0.05) is 24.0 Å². The van der Waals surface area contributed by atoms with Crippen LogP contribution in [0.5, 0.6) is 5.75 Å². The first-order valence-electron chi connectivity index (χ1n) is 9.02. The molecule has 0 unspecified atom stereocenters. The van der Waals surface area contributed by atoms with E-state index < -0.39 is 0 Å². The third kappa shape index (κ3) is 2.84. The molecule has 27 heavy (non-hydrogen) atoms. The smallest absolute Gasteiger partial charge is 0.141 e. The van der Waals surface area contributed by atoms with Gasteiger partial charge in [-0.25, -0.2) is 9.97 Å². The number of methoxy groups -OCH3 is 1. The van der Waals surface area contributed by atoms with Crippen LogP contribution in [-0.4, -0.2) is 23.6 Å². The zero-order valence-electron chi connectivity index (χ0n) is 15.1. The van der Waals surface area contributed by atoms with Crippen LogP contribution in [0, 0.1) is 0 Å². The summed E-state index contributed by atoms with van der Waals surface area (Å²) in [7, 11) is 1.72. The Balaban J connectivity index is 1.60. The first-order valence-corrected chi connectivity index (χ1v) is 9.90. The number of anilines is 1. The third-order valence-corrected chi connectivity index (χ3v) is 6.05. The van der Waals surface area contributed by atoms with Crippen molar-refractivity contribution in [3.63, 3.8) is 0 Å². The van der Waals surface area contributed by atoms with Gasteiger partial charge in [-0.3, -0.25) is 0 Å². The first-order chi connectivity index (χ1) is 13.3. The van der Waals surface area contributed by atoms with Gasteiger partial charge in [0.25, 0.3) is 0 Å². The van der Waals surface area contributed by atoms with Crippen molar-refractivity contribution in [1.82, 2.24) is 9.97 Å². The van der Waals surface area contributed by atoms with Crippen molar-refractivity contribution in [2.75, 3.05) is 18.6 Å². The normalized spacial score (nSPS) is 13.6. The highest BCUT2D eigenvalue weighted by atomic mass is 32.1. The number of aromatic nitrogens is 2. The quantitative estimate of drug-likeness (QED) is 0.510. The summed E-state index contributed by atoms with van der Waals surface area (Å²) in [5.41, 5.74) is 5.12. The zero-order chi connectivity index (χ0) is 18.2. The van der Waals surface area contributed by atoms with Crippen molar-refractivity contribution < 1.29 is 4.74 Å². The zero-order valence-corrected chi connectivity index (χ0v) is 15.9. The molecular weight excluding hydrogens is 354 g/mol. The lowest BCUT2D eigenvalue weighted by Crippen LogP contribution is -2.31. The molecule has 1 aliphatic rings. The Morgan fingerprint density at radius 2 is 1.93 bits per heavy atom. The summed E-state index contributed by atoms with van der Waals surface area (Å²) in [5.74, 6) is 1.93. The summed E-state index contributed by atoms with van der Waals surface area (Å²) >= 11 is 1.68. The van der Waals surface area contributed by atoms with Gasteiger partial charge in [0.1, 0.15) is 22.7 Å². The highest BCUT2D eigenvalue weighted by molar-refractivity contribution is 7.17. The largest absolute Gasteiger partial charge is 0.497 e. The molecule has 0 radical (unpaired) electrons. The highest BCUT2D eigenvalue weighted by Gasteiger charge is 2.22. The molecule has 4 aromatic rings. The van der Waals surface area contributed by atoms with Crippen LogP contribution in [0.15, 0.2) is 60.2 Å². The van der Waals surface area contributed by atoms with Crippen LogP contribution < -0.4 is 9.64 Å². The topological polar surface area (TPSA) is 38.2 Å². The van der Waals surface area contributed by atoms with Crippen LogP contribution in [0.1, 0.15) is 11.1 Å². The minimum atomic E-state index is 0.836. The Morgan fingerprint density at radius 3 is 2.78 bits per heavy atom. The molecule has 5 heteroatoms. The van der Waals surface area contributed by atoms with E-state index in [0.29, 0.717) is 0 Å². The fourth-order valence-electron chi connectivity index (χ4n) is 3.77. The predicted octanol–water partition coefficient (Wildman–Crippen LogP) is 4.93. The predicted molar refractivity (Wildman–Crippen MR) is 111 cm³/mol. The molecule has 0 fully saturated rings. The van der Waals surface area contributed by atoms with Crippen molar-refractivity contribution in [2.24, 2.45) is 0 Å². The van der Waals surface area contributed by atoms with Gasteiger partial charge in [-0.05, 0) is 35.2 Å². The second-order valence-electron chi connectivity index (χ2n) is 6.70. The fraction of sp³-hybridized carbons (Fsp3) is 0.182. The molecule has 0 N–H and O–H groups in total. The maximum Gasteiger partial charge on any atom is 0.141 e. The number of ether oxygens (including phenoxy) is 1. The van der Waals surface area contributed by atoms with Gasteiger partial charge in [0.05, 0.1) is 12.5 Å². The number of thiophene rings is 1. The molecule has 3 heterocycles. The van der Waals surface area contributed by atoms with E-state index in [1.54, 1.807) is 24.8 Å². The fourth-order valence-corrected chi connectivity index (χ4v) is 4.68. The van der Waals surface area contributed by atoms with Gasteiger partial charge >= 0.3 is 0 Å². The van der Waals surface area contributed by atoms with E-state index >= 15 is 0 Å². The number of nitrogens with zero attached hydrogens (tertiary/aromatic N) is 3. The minimum Gasteiger partial charge on any atom is -0.497 e. The summed E-state index contributed by atoms with van der Waals surface area (Å²) in [4.78, 5) is 12.6. The lowest BCUT2D eigenvalue weighted by Gasteiger charge is -2.30. The summed E-state index contributed by atoms with van der Waals surface area (Å²) < 4.78 is 5.41. The molecule has 1 aliphatic heterocycles. The van der Waals surface area contributed by atoms with E-state index in [2.05, 4.69) is 51.7 Å². The maximum atomic E-state index is 5.41. The summed E-state index contributed by atoms with van der Waals surface area (Å²) in [6, 6.07) is 16.9. The Bertz CT molecular complexity index is 1110. The number of benzene rings is 2. The van der Waals surface area contributed by atoms with Crippen molar-refractivity contribution in [3.8, 4) is 16.9 Å². The Kier molecular flexibility index (Phi) is 4.02. The van der Waals surface area contributed by atoms with Gasteiger partial charge in [-0.15, -0.1) is 11.3 Å². The molecule has 0 aliphatic carbocycles. The van der Waals surface area contributed by atoms with E-state index in [-0.39, 0.29) is 0 Å². The first kappa shape index (κ1) is 16.3. The van der Waals surface area contributed by atoms with Crippen LogP contribution in [0.4, 0.5) is 5.82 Å². The molecular formula is C22H19N3OS. The van der Waals surface area contributed by atoms with E-state index in [4.69, 9.17) is 9.72 Å². The van der Waals surface area contributed by atoms with E-state index in [0.717, 1.165) is 41.3 Å². The Hall–Kier alpha value is -2.92. The average molecular weight is 373 g/mol. The number of rotatable bonds is 3. The minimum absolute atomic E-state index is 0.836. The second-order valence-corrected chi connectivity index (χ2v) is 7.56. The molecule has 2 aromatic carbocycles. The van der Waals surface area contributed by atoms with Crippen molar-refractivity contribution in [3.05, 3.63) is 71.4 Å². The summed E-state index contributed by atoms with van der Waals surface area (Å²) in [6.07, 6.45) is 2.69. The molecule has 2 aromatic heterocycles. The van der Waals surface area contributed by atoms with Gasteiger partial charge < -0.3 is 9.64 Å². The van der Waals surface area contributed by atoms with E-state index in [1.165, 1.54) is 22.3 Å². The molecule has 0 spiro atoms. The van der Waals surface area contributed by atoms with Crippen LogP contribution >= 0.6 is 11.3 Å². The lowest BCUT2D eigenvalue weighted by molar-refractivity contribution is 0.413. The van der Waals surface area contributed by atoms with E-state index in [9.17, 15) is 0 Å². The van der Waals surface area contributed by atoms with Crippen LogP contribution in [-0.2, 0) is 13.0 Å². The van der Waals surface area contributed by atoms with Crippen molar-refractivity contribution in [1.29, 1.82) is 0 Å². The summed E-state index contributed by atoms with van der Waals surface area (Å²) in [5, 5.41) is 3.35. The molecule has 0 atom stereocenters. The van der Waals surface area contributed by atoms with Crippen molar-refractivity contribution >= 4 is 27.4 Å². The summed E-state index contributed by atoms with van der Waals surface area (Å²) in [6.45, 7) is 1.79. The van der Waals surface area contributed by atoms with Gasteiger partial charge in [-0.1, -0.05) is 36.4 Å². The Morgan fingerprint density at radius 1 is 1.04 bits per heavy atom. The molecule has 0 amide bonds. The molecule has 0 saturated heterocycles. The van der Waals surface area contributed by atoms with Crippen LogP contribution in [0.3, 0.4) is 0 Å². The van der Waals surface area contributed by atoms with Crippen LogP contribution in [0.25, 0.3) is 21.3 Å². The average Bonchev–Trinajstić information content (AvgIpc) is 3.18. The third-order valence-electron chi connectivity index (χ3n) is 5.16. The highest BCUT2D eigenvalue weighted by Crippen LogP contribution is 2.39. The number of hydrogen-bond acceptors (Lipinski definition) is 5. The molecule has 0 bridgehead atoms. The van der Waals surface area contributed by atoms with Gasteiger partial charge in [-0.2, -0.15) is 0 Å². The lowest BCUT2D eigenvalue weighted by atomic mass is 9.99. The second kappa shape index (κ2) is 6.67. The van der Waals surface area contributed by atoms with Gasteiger partial charge in [0.2, 0.25) is 0 Å². The molecule has 4 nitrogen and oxygen atoms in total. The maximum absolute atomic E-state index is 5.41. The molecule has 0 saturated carbocycles. The SMILES string of the molecule is COc1ccc2c(c1)CN(c1ncnc3scc(-c4ccccc4)c13)CC2. The van der Waals surface area contributed by atoms with Gasteiger partial charge in [0.15, 0.2) is 0 Å². The van der Waals surface area contributed by atoms with E-state index in [1.807, 2.05) is 12.1 Å². The number of fused-ring (bicyclic) bond motifs is 2. The molecule has 134 valence electrons. The Labute approximate surface area is 162 Å². The van der Waals surface area contributed by atoms with Crippen LogP contribution in [0.2, 0.25) is 0 Å². The monoisotopic (exact) mass is 373 g/mol. The number of hydrogen-bond donors (Lipinski definition) is 0. The molecule has 5 rings (SSSR count).